The maximum Gasteiger partial charge on any atom is 0.257 e. The SMILES string of the molecule is Cc1cccc(-c2cccc([C@H]3CCCN(C(=O)c4cn[nH]c4C)C3)n2)c1. The first-order chi connectivity index (χ1) is 13.1. The van der Waals surface area contributed by atoms with Gasteiger partial charge in [0.15, 0.2) is 0 Å². The van der Waals surface area contributed by atoms with Crippen LogP contribution in [0.15, 0.2) is 48.7 Å². The molecule has 0 aliphatic carbocycles. The third-order valence-corrected chi connectivity index (χ3v) is 5.27. The molecule has 3 heterocycles. The minimum Gasteiger partial charge on any atom is -0.338 e. The number of likely N-dealkylation sites (tertiary alicyclic amines) is 1. The van der Waals surface area contributed by atoms with Gasteiger partial charge in [-0.15, -0.1) is 0 Å². The Morgan fingerprint density at radius 2 is 2.04 bits per heavy atom. The van der Waals surface area contributed by atoms with Crippen molar-refractivity contribution in [1.82, 2.24) is 20.1 Å². The lowest BCUT2D eigenvalue weighted by Gasteiger charge is -2.32. The molecule has 0 bridgehead atoms. The van der Waals surface area contributed by atoms with E-state index in [1.165, 1.54) is 5.56 Å². The first kappa shape index (κ1) is 17.5. The average Bonchev–Trinajstić information content (AvgIpc) is 3.13. The van der Waals surface area contributed by atoms with Crippen molar-refractivity contribution in [2.75, 3.05) is 13.1 Å². The number of hydrogen-bond acceptors (Lipinski definition) is 3. The number of amides is 1. The zero-order valence-electron chi connectivity index (χ0n) is 15.8. The van der Waals surface area contributed by atoms with Gasteiger partial charge in [-0.3, -0.25) is 14.9 Å². The number of carbonyl (C=O) groups excluding carboxylic acids is 1. The van der Waals surface area contributed by atoms with Crippen molar-refractivity contribution < 1.29 is 4.79 Å². The summed E-state index contributed by atoms with van der Waals surface area (Å²) in [6.07, 6.45) is 3.67. The third-order valence-electron chi connectivity index (χ3n) is 5.27. The molecule has 0 unspecified atom stereocenters. The van der Waals surface area contributed by atoms with Gasteiger partial charge in [-0.2, -0.15) is 5.10 Å². The van der Waals surface area contributed by atoms with Gasteiger partial charge >= 0.3 is 0 Å². The Bertz CT molecular complexity index is 962. The van der Waals surface area contributed by atoms with Crippen molar-refractivity contribution in [2.24, 2.45) is 0 Å². The van der Waals surface area contributed by atoms with Crippen LogP contribution in [0.5, 0.6) is 0 Å². The van der Waals surface area contributed by atoms with E-state index in [1.807, 2.05) is 11.8 Å². The average molecular weight is 360 g/mol. The molecule has 1 aromatic carbocycles. The van der Waals surface area contributed by atoms with Crippen molar-refractivity contribution >= 4 is 5.91 Å². The number of rotatable bonds is 3. The van der Waals surface area contributed by atoms with Crippen LogP contribution in [0.25, 0.3) is 11.3 Å². The molecule has 1 fully saturated rings. The second-order valence-electron chi connectivity index (χ2n) is 7.32. The number of H-pyrrole nitrogens is 1. The van der Waals surface area contributed by atoms with Crippen LogP contribution in [0.1, 0.15) is 46.1 Å². The first-order valence-electron chi connectivity index (χ1n) is 9.45. The van der Waals surface area contributed by atoms with Gasteiger partial charge in [0.25, 0.3) is 5.91 Å². The molecule has 138 valence electrons. The maximum atomic E-state index is 12.8. The number of piperidine rings is 1. The molecule has 0 radical (unpaired) electrons. The van der Waals surface area contributed by atoms with Crippen LogP contribution in [0.3, 0.4) is 0 Å². The summed E-state index contributed by atoms with van der Waals surface area (Å²) in [4.78, 5) is 19.7. The predicted molar refractivity (Wildman–Crippen MR) is 106 cm³/mol. The van der Waals surface area contributed by atoms with Gasteiger partial charge in [0.1, 0.15) is 0 Å². The highest BCUT2D eigenvalue weighted by Gasteiger charge is 2.27. The summed E-state index contributed by atoms with van der Waals surface area (Å²) in [7, 11) is 0. The van der Waals surface area contributed by atoms with Crippen molar-refractivity contribution in [2.45, 2.75) is 32.6 Å². The molecule has 1 N–H and O–H groups in total. The molecule has 0 spiro atoms. The fraction of sp³-hybridized carbons (Fsp3) is 0.318. The smallest absolute Gasteiger partial charge is 0.257 e. The zero-order chi connectivity index (χ0) is 18.8. The van der Waals surface area contributed by atoms with Crippen molar-refractivity contribution in [3.05, 3.63) is 71.2 Å². The molecule has 0 saturated carbocycles. The van der Waals surface area contributed by atoms with Crippen molar-refractivity contribution in [3.63, 3.8) is 0 Å². The van der Waals surface area contributed by atoms with Gasteiger partial charge in [-0.05, 0) is 44.9 Å². The van der Waals surface area contributed by atoms with Crippen LogP contribution in [0, 0.1) is 13.8 Å². The largest absolute Gasteiger partial charge is 0.338 e. The molecule has 1 aliphatic heterocycles. The topological polar surface area (TPSA) is 61.9 Å². The summed E-state index contributed by atoms with van der Waals surface area (Å²) >= 11 is 0. The van der Waals surface area contributed by atoms with Crippen molar-refractivity contribution in [1.29, 1.82) is 0 Å². The van der Waals surface area contributed by atoms with Crippen LogP contribution < -0.4 is 0 Å². The Labute approximate surface area is 159 Å². The van der Waals surface area contributed by atoms with Gasteiger partial charge in [-0.25, -0.2) is 0 Å². The van der Waals surface area contributed by atoms with E-state index in [9.17, 15) is 4.79 Å². The number of aromatic nitrogens is 3. The van der Waals surface area contributed by atoms with Crippen LogP contribution in [-0.2, 0) is 0 Å². The fourth-order valence-electron chi connectivity index (χ4n) is 3.78. The predicted octanol–water partition coefficient (Wildman–Crippen LogP) is 4.11. The number of carbonyl (C=O) groups is 1. The maximum absolute atomic E-state index is 12.8. The van der Waals surface area contributed by atoms with E-state index >= 15 is 0 Å². The lowest BCUT2D eigenvalue weighted by atomic mass is 9.93. The number of nitrogens with zero attached hydrogens (tertiary/aromatic N) is 3. The number of nitrogens with one attached hydrogen (secondary N) is 1. The van der Waals surface area contributed by atoms with E-state index in [1.54, 1.807) is 6.20 Å². The molecule has 1 aliphatic rings. The Morgan fingerprint density at radius 3 is 2.81 bits per heavy atom. The highest BCUT2D eigenvalue weighted by Crippen LogP contribution is 2.28. The van der Waals surface area contributed by atoms with Crippen LogP contribution in [0.2, 0.25) is 0 Å². The van der Waals surface area contributed by atoms with Crippen molar-refractivity contribution in [3.8, 4) is 11.3 Å². The quantitative estimate of drug-likeness (QED) is 0.765. The Kier molecular flexibility index (Phi) is 4.75. The summed E-state index contributed by atoms with van der Waals surface area (Å²) in [6.45, 7) is 5.47. The minimum atomic E-state index is 0.0563. The van der Waals surface area contributed by atoms with Gasteiger partial charge in [0.05, 0.1) is 17.5 Å². The molecule has 4 rings (SSSR count). The number of hydrogen-bond donors (Lipinski definition) is 1. The van der Waals surface area contributed by atoms with E-state index in [0.29, 0.717) is 12.1 Å². The number of aryl methyl sites for hydroxylation is 2. The Hall–Kier alpha value is -2.95. The fourth-order valence-corrected chi connectivity index (χ4v) is 3.78. The molecule has 27 heavy (non-hydrogen) atoms. The second-order valence-corrected chi connectivity index (χ2v) is 7.32. The number of benzene rings is 1. The summed E-state index contributed by atoms with van der Waals surface area (Å²) in [6, 6.07) is 14.6. The van der Waals surface area contributed by atoms with Crippen LogP contribution >= 0.6 is 0 Å². The van der Waals surface area contributed by atoms with E-state index in [-0.39, 0.29) is 11.8 Å². The molecule has 1 amide bonds. The number of aromatic amines is 1. The highest BCUT2D eigenvalue weighted by atomic mass is 16.2. The zero-order valence-corrected chi connectivity index (χ0v) is 15.8. The van der Waals surface area contributed by atoms with Gasteiger partial charge < -0.3 is 4.90 Å². The minimum absolute atomic E-state index is 0.0563. The standard InChI is InChI=1S/C22H24N4O/c1-15-6-3-7-17(12-15)20-9-4-10-21(24-20)18-8-5-11-26(14-18)22(27)19-13-23-25-16(19)2/h3-4,6-7,9-10,12-13,18H,5,8,11,14H2,1-2H3,(H,23,25)/t18-/m0/s1. The van der Waals surface area contributed by atoms with E-state index < -0.39 is 0 Å². The monoisotopic (exact) mass is 360 g/mol. The summed E-state index contributed by atoms with van der Waals surface area (Å²) in [5, 5.41) is 6.83. The molecule has 2 aromatic heterocycles. The van der Waals surface area contributed by atoms with Crippen LogP contribution in [-0.4, -0.2) is 39.1 Å². The summed E-state index contributed by atoms with van der Waals surface area (Å²) in [5.74, 6) is 0.320. The van der Waals surface area contributed by atoms with E-state index in [0.717, 1.165) is 42.0 Å². The summed E-state index contributed by atoms with van der Waals surface area (Å²) < 4.78 is 0. The molecule has 5 nitrogen and oxygen atoms in total. The highest BCUT2D eigenvalue weighted by molar-refractivity contribution is 5.95. The van der Waals surface area contributed by atoms with E-state index in [4.69, 9.17) is 4.98 Å². The first-order valence-corrected chi connectivity index (χ1v) is 9.45. The lowest BCUT2D eigenvalue weighted by Crippen LogP contribution is -2.39. The molecular weight excluding hydrogens is 336 g/mol. The number of pyridine rings is 1. The third kappa shape index (κ3) is 3.63. The molecule has 1 saturated heterocycles. The normalized spacial score (nSPS) is 17.1. The Balaban J connectivity index is 1.56. The lowest BCUT2D eigenvalue weighted by molar-refractivity contribution is 0.0705. The van der Waals surface area contributed by atoms with Gasteiger partial charge in [0.2, 0.25) is 0 Å². The van der Waals surface area contributed by atoms with E-state index in [2.05, 4.69) is 59.6 Å². The molecule has 1 atom stereocenters. The van der Waals surface area contributed by atoms with Crippen LogP contribution in [0.4, 0.5) is 0 Å². The summed E-state index contributed by atoms with van der Waals surface area (Å²) in [5.41, 5.74) is 5.90. The van der Waals surface area contributed by atoms with Gasteiger partial charge in [-0.1, -0.05) is 29.8 Å². The van der Waals surface area contributed by atoms with Gasteiger partial charge in [0, 0.05) is 36.0 Å². The molecule has 3 aromatic rings. The Morgan fingerprint density at radius 1 is 1.19 bits per heavy atom. The second kappa shape index (κ2) is 7.35. The molecular formula is C22H24N4O. The molecule has 5 heteroatoms.